The average Bonchev–Trinajstić information content (AvgIpc) is 3.28. The number of benzene rings is 2. The molecule has 2 amide bonds. The van der Waals surface area contributed by atoms with Crippen LogP contribution < -0.4 is 21.7 Å². The van der Waals surface area contributed by atoms with Crippen LogP contribution in [0.25, 0.3) is 10.9 Å². The summed E-state index contributed by atoms with van der Waals surface area (Å²) in [4.78, 5) is 27.6. The number of hydrogen-bond acceptors (Lipinski definition) is 7. The van der Waals surface area contributed by atoms with Crippen LogP contribution in [0.3, 0.4) is 0 Å². The van der Waals surface area contributed by atoms with Gasteiger partial charge in [-0.2, -0.15) is 5.10 Å². The maximum absolute atomic E-state index is 15.1. The number of carbonyl (C=O) groups excluding carboxylic acids is 1. The van der Waals surface area contributed by atoms with Crippen molar-refractivity contribution in [3.05, 3.63) is 77.2 Å². The van der Waals surface area contributed by atoms with Crippen molar-refractivity contribution in [3.8, 4) is 0 Å². The smallest absolute Gasteiger partial charge is 0.404 e. The van der Waals surface area contributed by atoms with Crippen LogP contribution in [0, 0.1) is 17.5 Å². The number of fused-ring (bicyclic) bond motifs is 1. The molecule has 2 aromatic heterocycles. The monoisotopic (exact) mass is 557 g/mol. The first kappa shape index (κ1) is 28.2. The van der Waals surface area contributed by atoms with Gasteiger partial charge < -0.3 is 31.5 Å². The van der Waals surface area contributed by atoms with E-state index in [0.717, 1.165) is 29.1 Å². The third-order valence-electron chi connectivity index (χ3n) is 6.04. The molecule has 0 saturated carbocycles. The number of rotatable bonds is 11. The van der Waals surface area contributed by atoms with Crippen molar-refractivity contribution in [2.45, 2.75) is 25.6 Å². The molecule has 210 valence electrons. The van der Waals surface area contributed by atoms with Crippen molar-refractivity contribution >= 4 is 40.2 Å². The number of aromatic nitrogens is 3. The lowest BCUT2D eigenvalue weighted by atomic mass is 10.00. The highest BCUT2D eigenvalue weighted by atomic mass is 19.1. The average molecular weight is 558 g/mol. The highest BCUT2D eigenvalue weighted by Crippen LogP contribution is 2.30. The summed E-state index contributed by atoms with van der Waals surface area (Å²) >= 11 is 0. The molecule has 2 aromatic carbocycles. The van der Waals surface area contributed by atoms with Gasteiger partial charge >= 0.3 is 6.09 Å². The minimum atomic E-state index is -1.41. The summed E-state index contributed by atoms with van der Waals surface area (Å²) in [5.74, 6) is -4.31. The number of methoxy groups -OCH3 is 1. The Morgan fingerprint density at radius 3 is 2.48 bits per heavy atom. The molecule has 0 unspecified atom stereocenters. The van der Waals surface area contributed by atoms with E-state index in [-0.39, 0.29) is 16.9 Å². The molecule has 2 atom stereocenters. The lowest BCUT2D eigenvalue weighted by molar-refractivity contribution is 0.1000. The number of ether oxygens (including phenoxy) is 1. The molecule has 2 heterocycles. The lowest BCUT2D eigenvalue weighted by Crippen LogP contribution is -2.39. The van der Waals surface area contributed by atoms with Gasteiger partial charge in [-0.1, -0.05) is 0 Å². The van der Waals surface area contributed by atoms with E-state index in [1.807, 2.05) is 0 Å². The Bertz CT molecular complexity index is 1540. The minimum absolute atomic E-state index is 0.00984. The van der Waals surface area contributed by atoms with E-state index < -0.39 is 47.4 Å². The zero-order valence-corrected chi connectivity index (χ0v) is 21.4. The van der Waals surface area contributed by atoms with Gasteiger partial charge in [-0.3, -0.25) is 9.48 Å². The number of primary amides is 1. The predicted molar refractivity (Wildman–Crippen MR) is 141 cm³/mol. The van der Waals surface area contributed by atoms with E-state index >= 15 is 4.39 Å². The number of amides is 2. The van der Waals surface area contributed by atoms with Crippen molar-refractivity contribution in [2.24, 2.45) is 5.73 Å². The van der Waals surface area contributed by atoms with Gasteiger partial charge in [0, 0.05) is 24.2 Å². The van der Waals surface area contributed by atoms with Gasteiger partial charge in [-0.25, -0.2) is 22.9 Å². The second kappa shape index (κ2) is 11.9. The van der Waals surface area contributed by atoms with Crippen molar-refractivity contribution in [1.82, 2.24) is 20.1 Å². The number of carboxylic acid groups (broad SMARTS) is 1. The third-order valence-corrected chi connectivity index (χ3v) is 6.04. The molecule has 11 nitrogen and oxygen atoms in total. The highest BCUT2D eigenvalue weighted by Gasteiger charge is 2.25. The van der Waals surface area contributed by atoms with Gasteiger partial charge in [-0.15, -0.1) is 0 Å². The number of nitrogens with one attached hydrogen (secondary N) is 3. The zero-order valence-electron chi connectivity index (χ0n) is 21.4. The Morgan fingerprint density at radius 1 is 1.10 bits per heavy atom. The number of pyridine rings is 1. The fourth-order valence-corrected chi connectivity index (χ4v) is 4.21. The molecule has 40 heavy (non-hydrogen) atoms. The first-order valence-electron chi connectivity index (χ1n) is 12.0. The Labute approximate surface area is 226 Å². The van der Waals surface area contributed by atoms with Crippen molar-refractivity contribution in [2.75, 3.05) is 24.4 Å². The van der Waals surface area contributed by atoms with Crippen LogP contribution in [-0.2, 0) is 11.3 Å². The van der Waals surface area contributed by atoms with E-state index in [4.69, 9.17) is 10.5 Å². The van der Waals surface area contributed by atoms with Crippen LogP contribution in [0.4, 0.5) is 35.3 Å². The van der Waals surface area contributed by atoms with Crippen LogP contribution in [0.5, 0.6) is 0 Å². The summed E-state index contributed by atoms with van der Waals surface area (Å²) in [7, 11) is 1.59. The molecule has 0 aliphatic rings. The minimum Gasteiger partial charge on any atom is -0.465 e. The molecule has 4 rings (SSSR count). The second-order valence-electron chi connectivity index (χ2n) is 8.90. The number of hydrogen-bond donors (Lipinski definition) is 5. The van der Waals surface area contributed by atoms with Crippen molar-refractivity contribution < 1.29 is 32.6 Å². The summed E-state index contributed by atoms with van der Waals surface area (Å²) in [5, 5.41) is 22.1. The van der Waals surface area contributed by atoms with Crippen LogP contribution >= 0.6 is 0 Å². The molecule has 0 bridgehead atoms. The van der Waals surface area contributed by atoms with Crippen LogP contribution in [0.1, 0.15) is 28.9 Å². The van der Waals surface area contributed by atoms with Gasteiger partial charge in [0.15, 0.2) is 11.6 Å². The number of carbonyl (C=O) groups is 2. The van der Waals surface area contributed by atoms with Crippen LogP contribution in [0.15, 0.2) is 48.7 Å². The Balaban J connectivity index is 1.71. The summed E-state index contributed by atoms with van der Waals surface area (Å²) in [6.07, 6.45) is 0.243. The summed E-state index contributed by atoms with van der Waals surface area (Å²) in [5.41, 5.74) is 6.51. The molecule has 0 fully saturated rings. The van der Waals surface area contributed by atoms with Gasteiger partial charge in [0.05, 0.1) is 42.5 Å². The van der Waals surface area contributed by atoms with Gasteiger partial charge in [-0.05, 0) is 48.9 Å². The largest absolute Gasteiger partial charge is 0.465 e. The molecule has 4 aromatic rings. The highest BCUT2D eigenvalue weighted by molar-refractivity contribution is 5.99. The molecule has 0 aliphatic carbocycles. The summed E-state index contributed by atoms with van der Waals surface area (Å²) in [6.45, 7) is 2.43. The maximum atomic E-state index is 15.1. The summed E-state index contributed by atoms with van der Waals surface area (Å²) in [6, 6.07) is 6.56. The van der Waals surface area contributed by atoms with Crippen molar-refractivity contribution in [3.63, 3.8) is 0 Å². The predicted octanol–water partition coefficient (Wildman–Crippen LogP) is 4.15. The molecule has 14 heteroatoms. The fourth-order valence-electron chi connectivity index (χ4n) is 4.21. The quantitative estimate of drug-likeness (QED) is 0.184. The molecule has 0 saturated heterocycles. The molecule has 0 spiro atoms. The molecule has 0 aliphatic heterocycles. The van der Waals surface area contributed by atoms with Gasteiger partial charge in [0.1, 0.15) is 17.5 Å². The third kappa shape index (κ3) is 6.40. The SMILES string of the molecule is COCCn1ncc2cc(Nc3nc(N[C@@H](c4cc(F)cc(F)c4)[C@H](C)NC(=O)O)c(F)cc3C(N)=O)ccc21. The molecule has 0 radical (unpaired) electrons. The first-order chi connectivity index (χ1) is 19.0. The van der Waals surface area contributed by atoms with Gasteiger partial charge in [0.25, 0.3) is 5.91 Å². The van der Waals surface area contributed by atoms with Gasteiger partial charge in [0.2, 0.25) is 0 Å². The zero-order chi connectivity index (χ0) is 29.0. The normalized spacial score (nSPS) is 12.6. The van der Waals surface area contributed by atoms with Crippen molar-refractivity contribution in [1.29, 1.82) is 0 Å². The fraction of sp³-hybridized carbons (Fsp3) is 0.231. The standard InChI is InChI=1S/C26H26F3N7O4/c1-13(32-26(38)39)22(14-7-16(27)10-17(28)8-14)34-25-20(29)11-19(23(30)37)24(35-25)33-18-3-4-21-15(9-18)12-31-36(21)5-6-40-2/h3-4,7-13,22,32H,5-6H2,1-2H3,(H2,30,37)(H,38,39)(H2,33,34,35)/t13-,22+/m0/s1. The number of anilines is 3. The summed E-state index contributed by atoms with van der Waals surface area (Å²) < 4.78 is 50.0. The Hall–Kier alpha value is -4.85. The van der Waals surface area contributed by atoms with E-state index in [9.17, 15) is 23.5 Å². The number of nitrogens with two attached hydrogens (primary N) is 1. The van der Waals surface area contributed by atoms with E-state index in [2.05, 4.69) is 26.0 Å². The van der Waals surface area contributed by atoms with E-state index in [1.54, 1.807) is 36.2 Å². The van der Waals surface area contributed by atoms with E-state index in [0.29, 0.717) is 24.9 Å². The molecule has 6 N–H and O–H groups in total. The second-order valence-corrected chi connectivity index (χ2v) is 8.90. The van der Waals surface area contributed by atoms with Crippen LogP contribution in [-0.4, -0.2) is 51.6 Å². The molecular weight excluding hydrogens is 531 g/mol. The maximum Gasteiger partial charge on any atom is 0.404 e. The topological polar surface area (TPSA) is 156 Å². The Kier molecular flexibility index (Phi) is 8.38. The number of nitrogens with zero attached hydrogens (tertiary/aromatic N) is 3. The van der Waals surface area contributed by atoms with E-state index in [1.165, 1.54) is 6.92 Å². The van der Waals surface area contributed by atoms with Crippen LogP contribution in [0.2, 0.25) is 0 Å². The Morgan fingerprint density at radius 2 is 1.82 bits per heavy atom. The first-order valence-corrected chi connectivity index (χ1v) is 12.0. The lowest BCUT2D eigenvalue weighted by Gasteiger charge is -2.27. The number of halogens is 3. The molecular formula is C26H26F3N7O4.